The van der Waals surface area contributed by atoms with Crippen LogP contribution in [0.4, 0.5) is 0 Å². The number of rotatable bonds is 4. The molecule has 0 saturated carbocycles. The van der Waals surface area contributed by atoms with Crippen molar-refractivity contribution in [1.82, 2.24) is 15.2 Å². The molecule has 2 aromatic rings. The molecule has 5 nitrogen and oxygen atoms in total. The number of sulfone groups is 1. The third-order valence-corrected chi connectivity index (χ3v) is 5.29. The van der Waals surface area contributed by atoms with E-state index in [2.05, 4.69) is 21.3 Å². The third kappa shape index (κ3) is 4.54. The van der Waals surface area contributed by atoms with Gasteiger partial charge < -0.3 is 5.32 Å². The molecule has 0 bridgehead atoms. The SMILES string of the molecule is CS(=O)(=O)c1ccc(CN2CCNCC2c2cccnc2)cc1.Cl. The Morgan fingerprint density at radius 2 is 2.00 bits per heavy atom. The van der Waals surface area contributed by atoms with E-state index in [9.17, 15) is 8.42 Å². The second kappa shape index (κ2) is 8.07. The molecular formula is C17H22ClN3O2S. The Labute approximate surface area is 149 Å². The van der Waals surface area contributed by atoms with Crippen molar-refractivity contribution in [3.05, 3.63) is 59.9 Å². The normalized spacial score (nSPS) is 18.8. The standard InChI is InChI=1S/C17H21N3O2S.ClH/c1-23(21,22)16-6-4-14(5-7-16)13-20-10-9-19-12-17(20)15-3-2-8-18-11-15;/h2-8,11,17,19H,9-10,12-13H2,1H3;1H. The number of piperazine rings is 1. The largest absolute Gasteiger partial charge is 0.314 e. The zero-order valence-electron chi connectivity index (χ0n) is 13.6. The van der Waals surface area contributed by atoms with Crippen LogP contribution in [0.1, 0.15) is 17.2 Å². The van der Waals surface area contributed by atoms with Gasteiger partial charge in [0.05, 0.1) is 4.90 Å². The van der Waals surface area contributed by atoms with Gasteiger partial charge >= 0.3 is 0 Å². The fourth-order valence-corrected chi connectivity index (χ4v) is 3.54. The van der Waals surface area contributed by atoms with E-state index in [1.54, 1.807) is 18.3 Å². The van der Waals surface area contributed by atoms with Gasteiger partial charge in [0.1, 0.15) is 0 Å². The summed E-state index contributed by atoms with van der Waals surface area (Å²) in [6.45, 7) is 3.60. The first-order chi connectivity index (χ1) is 11.0. The maximum Gasteiger partial charge on any atom is 0.175 e. The van der Waals surface area contributed by atoms with Gasteiger partial charge in [-0.05, 0) is 29.3 Å². The minimum atomic E-state index is -3.14. The molecule has 1 N–H and O–H groups in total. The van der Waals surface area contributed by atoms with Gasteiger partial charge in [0.15, 0.2) is 9.84 Å². The minimum absolute atomic E-state index is 0. The van der Waals surface area contributed by atoms with Crippen molar-refractivity contribution >= 4 is 22.2 Å². The molecule has 0 aliphatic carbocycles. The number of halogens is 1. The van der Waals surface area contributed by atoms with Crippen molar-refractivity contribution in [1.29, 1.82) is 0 Å². The Morgan fingerprint density at radius 1 is 1.25 bits per heavy atom. The molecule has 3 rings (SSSR count). The maximum atomic E-state index is 11.5. The summed E-state index contributed by atoms with van der Waals surface area (Å²) < 4.78 is 23.1. The van der Waals surface area contributed by atoms with Crippen molar-refractivity contribution in [2.24, 2.45) is 0 Å². The van der Waals surface area contributed by atoms with Gasteiger partial charge in [0.25, 0.3) is 0 Å². The van der Waals surface area contributed by atoms with Gasteiger partial charge in [-0.2, -0.15) is 0 Å². The molecule has 1 aliphatic rings. The number of nitrogens with one attached hydrogen (secondary N) is 1. The summed E-state index contributed by atoms with van der Waals surface area (Å²) in [4.78, 5) is 6.99. The van der Waals surface area contributed by atoms with Gasteiger partial charge in [0, 0.05) is 50.9 Å². The van der Waals surface area contributed by atoms with Crippen LogP contribution in [-0.2, 0) is 16.4 Å². The fraction of sp³-hybridized carbons (Fsp3) is 0.353. The zero-order chi connectivity index (χ0) is 16.3. The smallest absolute Gasteiger partial charge is 0.175 e. The van der Waals surface area contributed by atoms with E-state index in [-0.39, 0.29) is 18.4 Å². The highest BCUT2D eigenvalue weighted by molar-refractivity contribution is 7.90. The molecule has 0 radical (unpaired) electrons. The van der Waals surface area contributed by atoms with Crippen LogP contribution in [0.5, 0.6) is 0 Å². The van der Waals surface area contributed by atoms with E-state index in [1.807, 2.05) is 24.4 Å². The Kier molecular flexibility index (Phi) is 6.34. The quantitative estimate of drug-likeness (QED) is 0.896. The van der Waals surface area contributed by atoms with Crippen LogP contribution in [0, 0.1) is 0 Å². The van der Waals surface area contributed by atoms with E-state index < -0.39 is 9.84 Å². The Morgan fingerprint density at radius 3 is 2.62 bits per heavy atom. The lowest BCUT2D eigenvalue weighted by Gasteiger charge is -2.36. The van der Waals surface area contributed by atoms with Crippen molar-refractivity contribution in [3.63, 3.8) is 0 Å². The first-order valence-electron chi connectivity index (χ1n) is 7.68. The van der Waals surface area contributed by atoms with Crippen molar-refractivity contribution in [2.75, 3.05) is 25.9 Å². The zero-order valence-corrected chi connectivity index (χ0v) is 15.2. The third-order valence-electron chi connectivity index (χ3n) is 4.16. The summed E-state index contributed by atoms with van der Waals surface area (Å²) in [6, 6.07) is 11.5. The molecule has 130 valence electrons. The second-order valence-electron chi connectivity index (χ2n) is 5.89. The van der Waals surface area contributed by atoms with Crippen LogP contribution in [-0.4, -0.2) is 44.2 Å². The summed E-state index contributed by atoms with van der Waals surface area (Å²) in [6.07, 6.45) is 4.93. The molecule has 2 heterocycles. The highest BCUT2D eigenvalue weighted by Crippen LogP contribution is 2.23. The van der Waals surface area contributed by atoms with Crippen LogP contribution >= 0.6 is 12.4 Å². The summed E-state index contributed by atoms with van der Waals surface area (Å²) in [5.41, 5.74) is 2.32. The predicted octanol–water partition coefficient (Wildman–Crippen LogP) is 2.05. The summed E-state index contributed by atoms with van der Waals surface area (Å²) in [5.74, 6) is 0. The van der Waals surface area contributed by atoms with Gasteiger partial charge in [-0.3, -0.25) is 9.88 Å². The molecule has 0 amide bonds. The van der Waals surface area contributed by atoms with Crippen LogP contribution in [0.15, 0.2) is 53.7 Å². The molecule has 1 aromatic carbocycles. The molecule has 7 heteroatoms. The van der Waals surface area contributed by atoms with Gasteiger partial charge in [-0.1, -0.05) is 18.2 Å². The van der Waals surface area contributed by atoms with E-state index in [1.165, 1.54) is 11.8 Å². The van der Waals surface area contributed by atoms with Crippen LogP contribution in [0.25, 0.3) is 0 Å². The molecule has 1 saturated heterocycles. The van der Waals surface area contributed by atoms with E-state index in [4.69, 9.17) is 0 Å². The molecule has 24 heavy (non-hydrogen) atoms. The Bertz CT molecular complexity index is 751. The number of hydrogen-bond donors (Lipinski definition) is 1. The molecule has 1 aliphatic heterocycles. The molecule has 1 unspecified atom stereocenters. The van der Waals surface area contributed by atoms with Crippen LogP contribution in [0.3, 0.4) is 0 Å². The number of hydrogen-bond acceptors (Lipinski definition) is 5. The summed E-state index contributed by atoms with van der Waals surface area (Å²) >= 11 is 0. The van der Waals surface area contributed by atoms with E-state index in [0.29, 0.717) is 4.90 Å². The minimum Gasteiger partial charge on any atom is -0.314 e. The van der Waals surface area contributed by atoms with Crippen molar-refractivity contribution < 1.29 is 8.42 Å². The summed E-state index contributed by atoms with van der Waals surface area (Å²) in [5, 5.41) is 3.43. The lowest BCUT2D eigenvalue weighted by atomic mass is 10.0. The molecule has 1 fully saturated rings. The van der Waals surface area contributed by atoms with Gasteiger partial charge in [-0.25, -0.2) is 8.42 Å². The lowest BCUT2D eigenvalue weighted by molar-refractivity contribution is 0.153. The Hall–Kier alpha value is -1.47. The lowest BCUT2D eigenvalue weighted by Crippen LogP contribution is -2.45. The van der Waals surface area contributed by atoms with Crippen molar-refractivity contribution in [2.45, 2.75) is 17.5 Å². The van der Waals surface area contributed by atoms with Gasteiger partial charge in [-0.15, -0.1) is 12.4 Å². The predicted molar refractivity (Wildman–Crippen MR) is 97.1 cm³/mol. The number of aromatic nitrogens is 1. The maximum absolute atomic E-state index is 11.5. The number of nitrogens with zero attached hydrogens (tertiary/aromatic N) is 2. The number of pyridine rings is 1. The first kappa shape index (κ1) is 18.9. The average molecular weight is 368 g/mol. The molecule has 1 atom stereocenters. The molecular weight excluding hydrogens is 346 g/mol. The highest BCUT2D eigenvalue weighted by Gasteiger charge is 2.23. The first-order valence-corrected chi connectivity index (χ1v) is 9.57. The van der Waals surface area contributed by atoms with E-state index in [0.717, 1.165) is 31.7 Å². The Balaban J connectivity index is 0.00000208. The average Bonchev–Trinajstić information content (AvgIpc) is 2.56. The van der Waals surface area contributed by atoms with Crippen LogP contribution in [0.2, 0.25) is 0 Å². The van der Waals surface area contributed by atoms with Crippen molar-refractivity contribution in [3.8, 4) is 0 Å². The summed E-state index contributed by atoms with van der Waals surface area (Å²) in [7, 11) is -3.14. The molecule has 0 spiro atoms. The number of benzene rings is 1. The fourth-order valence-electron chi connectivity index (χ4n) is 2.91. The second-order valence-corrected chi connectivity index (χ2v) is 7.91. The van der Waals surface area contributed by atoms with Gasteiger partial charge in [0.2, 0.25) is 0 Å². The van der Waals surface area contributed by atoms with Crippen LogP contribution < -0.4 is 5.32 Å². The van der Waals surface area contributed by atoms with E-state index >= 15 is 0 Å². The highest BCUT2D eigenvalue weighted by atomic mass is 35.5. The monoisotopic (exact) mass is 367 g/mol. The molecule has 1 aromatic heterocycles. The topological polar surface area (TPSA) is 62.3 Å².